The van der Waals surface area contributed by atoms with Crippen molar-refractivity contribution >= 4 is 33.8 Å². The van der Waals surface area contributed by atoms with Gasteiger partial charge in [0.1, 0.15) is 18.3 Å². The Kier molecular flexibility index (Phi) is 13.1. The van der Waals surface area contributed by atoms with Crippen molar-refractivity contribution in [2.75, 3.05) is 40.0 Å². The van der Waals surface area contributed by atoms with Gasteiger partial charge in [-0.25, -0.2) is 0 Å². The highest BCUT2D eigenvalue weighted by Crippen LogP contribution is 2.19. The van der Waals surface area contributed by atoms with Crippen LogP contribution in [0, 0.1) is 5.92 Å². The maximum absolute atomic E-state index is 13.5. The fraction of sp³-hybridized carbons (Fsp3) is 0.630. The summed E-state index contributed by atoms with van der Waals surface area (Å²) in [4.78, 5) is 29.5. The molecule has 8 nitrogen and oxygen atoms in total. The van der Waals surface area contributed by atoms with Gasteiger partial charge in [-0.3, -0.25) is 9.59 Å². The van der Waals surface area contributed by atoms with Crippen molar-refractivity contribution in [3.8, 4) is 0 Å². The van der Waals surface area contributed by atoms with Gasteiger partial charge in [0.05, 0.1) is 6.61 Å². The smallest absolute Gasteiger partial charge is 0.246 e. The minimum Gasteiger partial charge on any atom is -0.388 e. The lowest BCUT2D eigenvalue weighted by Crippen LogP contribution is -2.53. The lowest BCUT2D eigenvalue weighted by molar-refractivity contribution is -0.140. The number of halogens is 1. The fourth-order valence-corrected chi connectivity index (χ4v) is 4.77. The molecule has 2 N–H and O–H groups in total. The number of ether oxygens (including phenoxy) is 2. The molecule has 1 aliphatic rings. The largest absolute Gasteiger partial charge is 0.388 e. The zero-order valence-electron chi connectivity index (χ0n) is 21.8. The molecule has 4 atom stereocenters. The first kappa shape index (κ1) is 30.4. The minimum atomic E-state index is -1.21. The Morgan fingerprint density at radius 1 is 1.25 bits per heavy atom. The minimum absolute atomic E-state index is 0.0326. The van der Waals surface area contributed by atoms with E-state index < -0.39 is 18.3 Å². The maximum Gasteiger partial charge on any atom is 0.246 e. The van der Waals surface area contributed by atoms with E-state index in [0.717, 1.165) is 10.0 Å². The molecule has 0 aliphatic carbocycles. The van der Waals surface area contributed by atoms with Crippen molar-refractivity contribution in [2.45, 2.75) is 64.4 Å². The van der Waals surface area contributed by atoms with Gasteiger partial charge in [-0.05, 0) is 49.0 Å². The summed E-state index contributed by atoms with van der Waals surface area (Å²) < 4.78 is 11.9. The third-order valence-electron chi connectivity index (χ3n) is 6.32. The van der Waals surface area contributed by atoms with E-state index in [1.807, 2.05) is 29.2 Å². The second-order valence-corrected chi connectivity index (χ2v) is 10.7. The first-order valence-electron chi connectivity index (χ1n) is 12.6. The molecule has 1 fully saturated rings. The summed E-state index contributed by atoms with van der Waals surface area (Å²) >= 11 is 3.46. The number of hydrogen-bond donors (Lipinski definition) is 2. The number of hydrogen-bond acceptors (Lipinski definition) is 6. The second kappa shape index (κ2) is 15.5. The highest BCUT2D eigenvalue weighted by molar-refractivity contribution is 9.10. The van der Waals surface area contributed by atoms with Crippen molar-refractivity contribution in [2.24, 2.45) is 5.92 Å². The predicted octanol–water partition coefficient (Wildman–Crippen LogP) is 3.10. The first-order valence-corrected chi connectivity index (χ1v) is 13.4. The Morgan fingerprint density at radius 2 is 2.00 bits per heavy atom. The molecule has 1 saturated heterocycles. The molecule has 2 rings (SSSR count). The van der Waals surface area contributed by atoms with Crippen LogP contribution in [0.4, 0.5) is 0 Å². The molecule has 36 heavy (non-hydrogen) atoms. The average molecular weight is 570 g/mol. The van der Waals surface area contributed by atoms with E-state index in [1.54, 1.807) is 17.1 Å². The van der Waals surface area contributed by atoms with Crippen LogP contribution >= 0.6 is 15.9 Å². The number of carbonyl (C=O) groups excluding carboxylic acids is 2. The number of methoxy groups -OCH3 is 1. The zero-order valence-corrected chi connectivity index (χ0v) is 23.4. The van der Waals surface area contributed by atoms with E-state index in [9.17, 15) is 19.8 Å². The summed E-state index contributed by atoms with van der Waals surface area (Å²) in [5.74, 6) is -0.00942. The first-order chi connectivity index (χ1) is 17.1. The lowest BCUT2D eigenvalue weighted by atomic mass is 10.00. The molecule has 1 aliphatic heterocycles. The molecule has 1 aromatic carbocycles. The van der Waals surface area contributed by atoms with E-state index in [2.05, 4.69) is 29.8 Å². The van der Waals surface area contributed by atoms with Crippen LogP contribution in [0.3, 0.4) is 0 Å². The number of amides is 2. The normalized spacial score (nSPS) is 25.2. The van der Waals surface area contributed by atoms with Crippen molar-refractivity contribution < 1.29 is 29.3 Å². The van der Waals surface area contributed by atoms with Crippen LogP contribution in [0.15, 0.2) is 34.8 Å². The number of nitrogens with zero attached hydrogens (tertiary/aromatic N) is 2. The summed E-state index contributed by atoms with van der Waals surface area (Å²) in [6.45, 7) is 6.95. The van der Waals surface area contributed by atoms with E-state index in [1.165, 1.54) is 14.0 Å². The Balaban J connectivity index is 2.36. The summed E-state index contributed by atoms with van der Waals surface area (Å²) in [5, 5.41) is 21.0. The monoisotopic (exact) mass is 568 g/mol. The third-order valence-corrected chi connectivity index (χ3v) is 6.81. The molecule has 0 bridgehead atoms. The number of aliphatic hydroxyl groups is 2. The van der Waals surface area contributed by atoms with E-state index >= 15 is 0 Å². The second-order valence-electron chi connectivity index (χ2n) is 9.74. The quantitative estimate of drug-likeness (QED) is 0.529. The predicted molar refractivity (Wildman–Crippen MR) is 143 cm³/mol. The molecule has 0 unspecified atom stereocenters. The molecule has 1 aromatic rings. The van der Waals surface area contributed by atoms with Crippen LogP contribution in [0.25, 0.3) is 6.08 Å². The van der Waals surface area contributed by atoms with Crippen molar-refractivity contribution in [3.63, 3.8) is 0 Å². The summed E-state index contributed by atoms with van der Waals surface area (Å²) in [5.41, 5.74) is 0.912. The molecule has 1 heterocycles. The van der Waals surface area contributed by atoms with Gasteiger partial charge in [-0.2, -0.15) is 0 Å². The third kappa shape index (κ3) is 9.94. The number of aliphatic hydroxyl groups excluding tert-OH is 2. The summed E-state index contributed by atoms with van der Waals surface area (Å²) in [7, 11) is 1.44. The Morgan fingerprint density at radius 3 is 2.64 bits per heavy atom. The van der Waals surface area contributed by atoms with Crippen LogP contribution in [-0.2, 0) is 19.1 Å². The fourth-order valence-electron chi connectivity index (χ4n) is 4.35. The molecule has 202 valence electrons. The maximum atomic E-state index is 13.5. The Hall–Kier alpha value is -1.78. The molecule has 9 heteroatoms. The molecule has 2 amide bonds. The SMILES string of the molecule is CO[C@@H]1CN(C(C)=O)C[C@@H](CC(C)C)N(C(=O)/C=C/c2cccc(Br)c2)CCCCOC[C@@H](O)[C@H]1O. The average Bonchev–Trinajstić information content (AvgIpc) is 2.82. The van der Waals surface area contributed by atoms with Gasteiger partial charge in [-0.15, -0.1) is 0 Å². The van der Waals surface area contributed by atoms with Crippen molar-refractivity contribution in [1.29, 1.82) is 0 Å². The van der Waals surface area contributed by atoms with Gasteiger partial charge in [-0.1, -0.05) is 41.9 Å². The van der Waals surface area contributed by atoms with Crippen LogP contribution in [-0.4, -0.2) is 96.1 Å². The van der Waals surface area contributed by atoms with Gasteiger partial charge >= 0.3 is 0 Å². The van der Waals surface area contributed by atoms with Crippen LogP contribution in [0.2, 0.25) is 0 Å². The van der Waals surface area contributed by atoms with Gasteiger partial charge in [0, 0.05) is 56.9 Å². The van der Waals surface area contributed by atoms with E-state index in [0.29, 0.717) is 44.9 Å². The highest BCUT2D eigenvalue weighted by Gasteiger charge is 2.32. The van der Waals surface area contributed by atoms with Gasteiger partial charge in [0.15, 0.2) is 0 Å². The Bertz CT molecular complexity index is 864. The van der Waals surface area contributed by atoms with E-state index in [4.69, 9.17) is 9.47 Å². The number of rotatable bonds is 5. The Labute approximate surface area is 223 Å². The number of carbonyl (C=O) groups is 2. The number of benzene rings is 1. The molecule has 0 aromatic heterocycles. The van der Waals surface area contributed by atoms with Gasteiger partial charge in [0.25, 0.3) is 0 Å². The molecule has 0 saturated carbocycles. The zero-order chi connectivity index (χ0) is 26.7. The standard InChI is InChI=1S/C27H41BrN2O6/c1-19(2)14-23-16-29(20(3)31)17-25(35-4)27(34)24(32)18-36-13-6-5-12-30(23)26(33)11-10-21-8-7-9-22(28)15-21/h7-11,15,19,23-25,27,32,34H,5-6,12-14,16-18H2,1-4H3/b11-10+/t23-,24-,25-,27-/m1/s1. The molecule has 0 spiro atoms. The van der Waals surface area contributed by atoms with Crippen LogP contribution in [0.5, 0.6) is 0 Å². The van der Waals surface area contributed by atoms with Crippen molar-refractivity contribution in [1.82, 2.24) is 9.80 Å². The summed E-state index contributed by atoms with van der Waals surface area (Å²) in [6.07, 6.45) is 2.37. The van der Waals surface area contributed by atoms with E-state index in [-0.39, 0.29) is 31.0 Å². The highest BCUT2D eigenvalue weighted by atomic mass is 79.9. The molecular formula is C27H41BrN2O6. The van der Waals surface area contributed by atoms with Gasteiger partial charge in [0.2, 0.25) is 11.8 Å². The van der Waals surface area contributed by atoms with Crippen LogP contribution < -0.4 is 0 Å². The molecular weight excluding hydrogens is 528 g/mol. The topological polar surface area (TPSA) is 99.5 Å². The summed E-state index contributed by atoms with van der Waals surface area (Å²) in [6, 6.07) is 7.50. The van der Waals surface area contributed by atoms with Crippen molar-refractivity contribution in [3.05, 3.63) is 40.4 Å². The lowest BCUT2D eigenvalue weighted by Gasteiger charge is -2.38. The van der Waals surface area contributed by atoms with Crippen LogP contribution in [0.1, 0.15) is 45.6 Å². The van der Waals surface area contributed by atoms with Gasteiger partial charge < -0.3 is 29.5 Å². The molecule has 0 radical (unpaired) electrons.